The van der Waals surface area contributed by atoms with Crippen LogP contribution in [0.5, 0.6) is 0 Å². The van der Waals surface area contributed by atoms with Crippen molar-refractivity contribution >= 4 is 8.32 Å². The zero-order valence-corrected chi connectivity index (χ0v) is 15.1. The van der Waals surface area contributed by atoms with Crippen molar-refractivity contribution in [2.45, 2.75) is 51.9 Å². The maximum Gasteiger partial charge on any atom is -1.00 e. The molecule has 0 N–H and O–H groups in total. The summed E-state index contributed by atoms with van der Waals surface area (Å²) < 4.78 is 7.57. The van der Waals surface area contributed by atoms with Crippen molar-refractivity contribution in [1.82, 2.24) is 0 Å². The van der Waals surface area contributed by atoms with Crippen LogP contribution in [0.3, 0.4) is 0 Å². The normalized spacial score (nSPS) is 15.0. The molecule has 0 aromatic rings. The van der Waals surface area contributed by atoms with Gasteiger partial charge in [-0.15, -0.1) is 0 Å². The van der Waals surface area contributed by atoms with E-state index >= 15 is 0 Å². The third kappa shape index (κ3) is 7.86. The predicted octanol–water partition coefficient (Wildman–Crippen LogP) is -2.22. The van der Waals surface area contributed by atoms with Crippen molar-refractivity contribution in [3.8, 4) is 0 Å². The fourth-order valence-corrected chi connectivity index (χ4v) is 4.69. The van der Waals surface area contributed by atoms with Crippen molar-refractivity contribution in [3.63, 3.8) is 0 Å². The number of hydrogen-bond acceptors (Lipinski definition) is 1. The summed E-state index contributed by atoms with van der Waals surface area (Å²) in [5, 5.41) is 0. The van der Waals surface area contributed by atoms with Crippen LogP contribution in [0.15, 0.2) is 21.6 Å². The molecule has 0 aromatic carbocycles. The van der Waals surface area contributed by atoms with Crippen molar-refractivity contribution in [2.24, 2.45) is 0 Å². The van der Waals surface area contributed by atoms with Gasteiger partial charge in [0, 0.05) is 0 Å². The van der Waals surface area contributed by atoms with Crippen LogP contribution in [-0.2, 0) is 24.9 Å². The van der Waals surface area contributed by atoms with Crippen LogP contribution in [0.25, 0.3) is 0 Å². The third-order valence-electron chi connectivity index (χ3n) is 2.58. The Labute approximate surface area is 131 Å². The van der Waals surface area contributed by atoms with Gasteiger partial charge in [-0.3, -0.25) is 0 Å². The summed E-state index contributed by atoms with van der Waals surface area (Å²) in [7, 11) is -1.43. The van der Waals surface area contributed by atoms with Crippen LogP contribution in [0, 0.1) is 0 Å². The molecule has 0 saturated heterocycles. The molecule has 0 aromatic heterocycles. The molecule has 0 fully saturated rings. The van der Waals surface area contributed by atoms with E-state index in [1.807, 2.05) is 0 Å². The molecule has 0 radical (unpaired) electrons. The molecule has 0 aliphatic heterocycles. The Morgan fingerprint density at radius 1 is 1.35 bits per heavy atom. The molecule has 0 unspecified atom stereocenters. The fourth-order valence-electron chi connectivity index (χ4n) is 1.92. The molecule has 1 rings (SSSR count). The van der Waals surface area contributed by atoms with Crippen LogP contribution >= 0.6 is 0 Å². The summed E-state index contributed by atoms with van der Waals surface area (Å²) in [6.45, 7) is 8.91. The molecular formula is C12H21Cl2OSiTi. The Bertz CT molecular complexity index is 288. The molecule has 97 valence electrons. The Hall–Kier alpha value is 0.951. The summed E-state index contributed by atoms with van der Waals surface area (Å²) in [5.74, 6) is 0. The van der Waals surface area contributed by atoms with Crippen LogP contribution in [-0.4, -0.2) is 14.4 Å². The summed E-state index contributed by atoms with van der Waals surface area (Å²) >= 11 is 2.24. The van der Waals surface area contributed by atoms with Gasteiger partial charge in [0.1, 0.15) is 0 Å². The summed E-state index contributed by atoms with van der Waals surface area (Å²) in [4.78, 5) is 0. The van der Waals surface area contributed by atoms with Gasteiger partial charge in [-0.2, -0.15) is 0 Å². The Balaban J connectivity index is 0. The van der Waals surface area contributed by atoms with Gasteiger partial charge in [0.15, 0.2) is 0 Å². The first-order chi connectivity index (χ1) is 6.91. The van der Waals surface area contributed by atoms with E-state index in [9.17, 15) is 0 Å². The number of allylic oxidation sites excluding steroid dienone is 4. The maximum atomic E-state index is 6.02. The number of halogens is 2. The zero-order valence-electron chi connectivity index (χ0n) is 11.0. The van der Waals surface area contributed by atoms with Crippen molar-refractivity contribution in [1.29, 1.82) is 0 Å². The molecule has 5 heteroatoms. The Morgan fingerprint density at radius 2 is 1.94 bits per heavy atom. The smallest absolute Gasteiger partial charge is 1.00 e. The fraction of sp³-hybridized carbons (Fsp3) is 0.667. The average Bonchev–Trinajstić information content (AvgIpc) is 2.45. The topological polar surface area (TPSA) is 9.23 Å². The van der Waals surface area contributed by atoms with E-state index in [2.05, 4.69) is 59.5 Å². The van der Waals surface area contributed by atoms with E-state index in [1.54, 1.807) is 9.45 Å². The minimum absolute atomic E-state index is 0. The van der Waals surface area contributed by atoms with Crippen LogP contribution in [0.1, 0.15) is 26.7 Å². The van der Waals surface area contributed by atoms with E-state index in [-0.39, 0.29) is 24.8 Å². The van der Waals surface area contributed by atoms with E-state index in [0.29, 0.717) is 6.10 Å². The van der Waals surface area contributed by atoms with E-state index in [0.717, 1.165) is 6.42 Å². The molecule has 0 spiro atoms. The zero-order chi connectivity index (χ0) is 11.5. The summed E-state index contributed by atoms with van der Waals surface area (Å²) in [6.07, 6.45) is 7.29. The second-order valence-electron chi connectivity index (χ2n) is 5.04. The molecular weight excluding hydrogens is 307 g/mol. The second-order valence-corrected chi connectivity index (χ2v) is 10.2. The molecule has 0 bridgehead atoms. The number of hydrogen-bond donors (Lipinski definition) is 0. The van der Waals surface area contributed by atoms with Gasteiger partial charge in [-0.1, -0.05) is 0 Å². The van der Waals surface area contributed by atoms with Gasteiger partial charge in [0.05, 0.1) is 0 Å². The van der Waals surface area contributed by atoms with Gasteiger partial charge < -0.3 is 24.8 Å². The molecule has 1 aliphatic carbocycles. The SMILES string of the molecule is CC(C)O[Si](C)(C)CCC1=[C]([Ti+2])CC=C1.[Cl-].[Cl-]. The van der Waals surface area contributed by atoms with Gasteiger partial charge in [0.2, 0.25) is 0 Å². The minimum atomic E-state index is -1.43. The van der Waals surface area contributed by atoms with Gasteiger partial charge >= 0.3 is 107 Å². The quantitative estimate of drug-likeness (QED) is 0.520. The molecule has 17 heavy (non-hydrogen) atoms. The van der Waals surface area contributed by atoms with Gasteiger partial charge in [-0.25, -0.2) is 0 Å². The number of rotatable bonds is 5. The molecule has 0 heterocycles. The first-order valence-corrected chi connectivity index (χ1v) is 9.58. The minimum Gasteiger partial charge on any atom is -1.00 e. The summed E-state index contributed by atoms with van der Waals surface area (Å²) in [5.41, 5.74) is 1.54. The van der Waals surface area contributed by atoms with Crippen molar-refractivity contribution in [3.05, 3.63) is 21.6 Å². The molecule has 1 aliphatic rings. The third-order valence-corrected chi connectivity index (χ3v) is 5.96. The standard InChI is InChI=1S/C12H21OSi.2ClH.Ti/c1-11(2)13-14(3,4)10-9-12-7-5-6-8-12;;;/h5,7,11H,6,9-10H2,1-4H3;2*1H;/q;;;+2/p-2. The van der Waals surface area contributed by atoms with Crippen molar-refractivity contribution < 1.29 is 49.7 Å². The Kier molecular flexibility index (Phi) is 10.7. The van der Waals surface area contributed by atoms with E-state index < -0.39 is 8.32 Å². The van der Waals surface area contributed by atoms with Crippen LogP contribution in [0.2, 0.25) is 19.1 Å². The molecule has 0 amide bonds. The first kappa shape index (κ1) is 20.3. The molecule has 0 saturated carbocycles. The van der Waals surface area contributed by atoms with Crippen LogP contribution < -0.4 is 24.8 Å². The van der Waals surface area contributed by atoms with Gasteiger partial charge in [-0.05, 0) is 0 Å². The molecule has 1 nitrogen and oxygen atoms in total. The second kappa shape index (κ2) is 8.95. The average molecular weight is 328 g/mol. The van der Waals surface area contributed by atoms with Gasteiger partial charge in [0.25, 0.3) is 0 Å². The predicted molar refractivity (Wildman–Crippen MR) is 63.9 cm³/mol. The van der Waals surface area contributed by atoms with E-state index in [4.69, 9.17) is 4.43 Å². The van der Waals surface area contributed by atoms with E-state index in [1.165, 1.54) is 12.5 Å². The molecule has 0 atom stereocenters. The summed E-state index contributed by atoms with van der Waals surface area (Å²) in [6, 6.07) is 1.24. The van der Waals surface area contributed by atoms with Crippen LogP contribution in [0.4, 0.5) is 0 Å². The van der Waals surface area contributed by atoms with Crippen molar-refractivity contribution in [2.75, 3.05) is 0 Å². The monoisotopic (exact) mass is 327 g/mol. The maximum absolute atomic E-state index is 6.02. The first-order valence-electron chi connectivity index (χ1n) is 5.69. The largest absolute Gasteiger partial charge is 1.00 e. The Morgan fingerprint density at radius 3 is 2.35 bits per heavy atom.